The van der Waals surface area contributed by atoms with Crippen LogP contribution in [0.15, 0.2) is 42.5 Å². The van der Waals surface area contributed by atoms with Crippen LogP contribution in [0.25, 0.3) is 33.5 Å². The maximum atomic E-state index is 11.3. The fraction of sp³-hybridized carbons (Fsp3) is 0.273. The third-order valence-electron chi connectivity index (χ3n) is 5.49. The minimum Gasteiger partial charge on any atom is -0.494 e. The van der Waals surface area contributed by atoms with Crippen molar-refractivity contribution in [1.29, 1.82) is 0 Å². The minimum atomic E-state index is 0. The van der Waals surface area contributed by atoms with Crippen molar-refractivity contribution >= 4 is 40.6 Å². The Balaban J connectivity index is 0.00000192. The molecule has 0 saturated heterocycles. The number of aldehydes is 1. The second-order valence-corrected chi connectivity index (χ2v) is 7.35. The third-order valence-corrected chi connectivity index (χ3v) is 5.49. The van der Waals surface area contributed by atoms with Gasteiger partial charge in [-0.05, 0) is 43.0 Å². The summed E-state index contributed by atoms with van der Waals surface area (Å²) in [6.45, 7) is 1.02. The Bertz CT molecular complexity index is 1190. The molecular formula is C22H22ClN3O2. The molecule has 144 valence electrons. The molecule has 1 aliphatic rings. The molecular weight excluding hydrogens is 374 g/mol. The summed E-state index contributed by atoms with van der Waals surface area (Å²) in [7, 11) is 3.63. The molecule has 0 atom stereocenters. The highest BCUT2D eigenvalue weighted by Gasteiger charge is 2.25. The van der Waals surface area contributed by atoms with E-state index in [2.05, 4.69) is 39.5 Å². The average molecular weight is 396 g/mol. The highest BCUT2D eigenvalue weighted by molar-refractivity contribution is 5.93. The molecule has 0 bridgehead atoms. The molecule has 4 aromatic rings. The van der Waals surface area contributed by atoms with Gasteiger partial charge in [-0.25, -0.2) is 4.98 Å². The van der Waals surface area contributed by atoms with E-state index in [-0.39, 0.29) is 12.4 Å². The van der Waals surface area contributed by atoms with Gasteiger partial charge in [-0.15, -0.1) is 12.4 Å². The zero-order valence-electron chi connectivity index (χ0n) is 15.9. The van der Waals surface area contributed by atoms with Gasteiger partial charge >= 0.3 is 0 Å². The molecule has 2 aromatic carbocycles. The third kappa shape index (κ3) is 2.87. The predicted octanol–water partition coefficient (Wildman–Crippen LogP) is 4.85. The van der Waals surface area contributed by atoms with Gasteiger partial charge in [0.1, 0.15) is 17.6 Å². The van der Waals surface area contributed by atoms with Gasteiger partial charge in [-0.3, -0.25) is 4.79 Å². The van der Waals surface area contributed by atoms with E-state index in [1.54, 1.807) is 13.2 Å². The molecule has 1 fully saturated rings. The molecule has 1 aliphatic carbocycles. The van der Waals surface area contributed by atoms with Crippen LogP contribution in [0, 0.1) is 5.92 Å². The van der Waals surface area contributed by atoms with Crippen molar-refractivity contribution in [2.45, 2.75) is 19.4 Å². The van der Waals surface area contributed by atoms with Crippen LogP contribution >= 0.6 is 12.4 Å². The highest BCUT2D eigenvalue weighted by atomic mass is 35.5. The molecule has 6 heteroatoms. The molecule has 0 N–H and O–H groups in total. The zero-order valence-corrected chi connectivity index (χ0v) is 16.7. The van der Waals surface area contributed by atoms with Gasteiger partial charge in [-0.1, -0.05) is 18.2 Å². The summed E-state index contributed by atoms with van der Waals surface area (Å²) in [6.07, 6.45) is 3.43. The van der Waals surface area contributed by atoms with Crippen LogP contribution in [0.5, 0.6) is 5.75 Å². The fourth-order valence-electron chi connectivity index (χ4n) is 3.93. The van der Waals surface area contributed by atoms with Crippen molar-refractivity contribution in [3.63, 3.8) is 0 Å². The van der Waals surface area contributed by atoms with Gasteiger partial charge in [0.2, 0.25) is 0 Å². The number of rotatable bonds is 5. The van der Waals surface area contributed by atoms with Crippen molar-refractivity contribution < 1.29 is 9.53 Å². The van der Waals surface area contributed by atoms with E-state index in [4.69, 9.17) is 9.72 Å². The first-order valence-electron chi connectivity index (χ1n) is 9.28. The van der Waals surface area contributed by atoms with Crippen molar-refractivity contribution in [1.82, 2.24) is 14.1 Å². The molecule has 1 saturated carbocycles. The van der Waals surface area contributed by atoms with E-state index in [1.807, 2.05) is 13.1 Å². The van der Waals surface area contributed by atoms with Crippen LogP contribution in [0.4, 0.5) is 0 Å². The number of imidazole rings is 1. The number of nitrogens with zero attached hydrogens (tertiary/aromatic N) is 3. The van der Waals surface area contributed by atoms with Crippen LogP contribution in [-0.2, 0) is 13.6 Å². The number of para-hydroxylation sites is 1. The number of aromatic nitrogens is 3. The number of hydrogen-bond acceptors (Lipinski definition) is 3. The predicted molar refractivity (Wildman–Crippen MR) is 114 cm³/mol. The smallest absolute Gasteiger partial charge is 0.157 e. The first-order chi connectivity index (χ1) is 13.2. The Morgan fingerprint density at radius 1 is 1.21 bits per heavy atom. The summed E-state index contributed by atoms with van der Waals surface area (Å²) in [5.41, 5.74) is 4.60. The van der Waals surface area contributed by atoms with Crippen LogP contribution in [0.1, 0.15) is 23.2 Å². The van der Waals surface area contributed by atoms with Crippen LogP contribution < -0.4 is 4.74 Å². The minimum absolute atomic E-state index is 0. The Kier molecular flexibility index (Phi) is 4.63. The van der Waals surface area contributed by atoms with Gasteiger partial charge < -0.3 is 13.9 Å². The van der Waals surface area contributed by atoms with Crippen LogP contribution in [0.2, 0.25) is 0 Å². The van der Waals surface area contributed by atoms with E-state index >= 15 is 0 Å². The molecule has 2 heterocycles. The standard InChI is InChI=1S/C22H21N3O2.ClH/c1-24-21-17(9-15(13-26)10-20(21)27-2)23-22(24)19-11-16-5-3-4-6-18(16)25(19)12-14-7-8-14;/h3-6,9-11,13-14H,7-8,12H2,1-2H3;1H. The number of methoxy groups -OCH3 is 1. The van der Waals surface area contributed by atoms with E-state index < -0.39 is 0 Å². The maximum absolute atomic E-state index is 11.3. The number of halogens is 1. The van der Waals surface area contributed by atoms with Gasteiger partial charge in [0.15, 0.2) is 5.82 Å². The highest BCUT2D eigenvalue weighted by Crippen LogP contribution is 2.37. The summed E-state index contributed by atoms with van der Waals surface area (Å²) < 4.78 is 10.00. The molecule has 5 rings (SSSR count). The lowest BCUT2D eigenvalue weighted by Gasteiger charge is -2.11. The molecule has 5 nitrogen and oxygen atoms in total. The summed E-state index contributed by atoms with van der Waals surface area (Å²) in [6, 6.07) is 14.3. The fourth-order valence-corrected chi connectivity index (χ4v) is 3.93. The topological polar surface area (TPSA) is 49.0 Å². The molecule has 0 amide bonds. The average Bonchev–Trinajstić information content (AvgIpc) is 3.36. The molecule has 0 aliphatic heterocycles. The van der Waals surface area contributed by atoms with Crippen molar-refractivity contribution in [3.05, 3.63) is 48.0 Å². The molecule has 0 unspecified atom stereocenters. The lowest BCUT2D eigenvalue weighted by molar-refractivity contribution is 0.112. The summed E-state index contributed by atoms with van der Waals surface area (Å²) in [4.78, 5) is 16.2. The molecule has 2 aromatic heterocycles. The Morgan fingerprint density at radius 2 is 2.00 bits per heavy atom. The lowest BCUT2D eigenvalue weighted by Crippen LogP contribution is -2.04. The Labute approximate surface area is 169 Å². The maximum Gasteiger partial charge on any atom is 0.157 e. The monoisotopic (exact) mass is 395 g/mol. The van der Waals surface area contributed by atoms with Gasteiger partial charge in [-0.2, -0.15) is 0 Å². The van der Waals surface area contributed by atoms with Crippen molar-refractivity contribution in [3.8, 4) is 17.3 Å². The number of carbonyl (C=O) groups excluding carboxylic acids is 1. The van der Waals surface area contributed by atoms with E-state index in [0.717, 1.165) is 41.3 Å². The SMILES string of the molecule is COc1cc(C=O)cc2nc(-c3cc4ccccc4n3CC3CC3)n(C)c12.Cl. The van der Waals surface area contributed by atoms with Gasteiger partial charge in [0.05, 0.1) is 18.3 Å². The van der Waals surface area contributed by atoms with Gasteiger partial charge in [0, 0.05) is 30.1 Å². The summed E-state index contributed by atoms with van der Waals surface area (Å²) in [5, 5.41) is 1.22. The largest absolute Gasteiger partial charge is 0.494 e. The van der Waals surface area contributed by atoms with E-state index in [9.17, 15) is 4.79 Å². The summed E-state index contributed by atoms with van der Waals surface area (Å²) >= 11 is 0. The molecule has 28 heavy (non-hydrogen) atoms. The second-order valence-electron chi connectivity index (χ2n) is 7.35. The van der Waals surface area contributed by atoms with Crippen LogP contribution in [-0.4, -0.2) is 27.5 Å². The zero-order chi connectivity index (χ0) is 18.5. The number of carbonyl (C=O) groups is 1. The number of hydrogen-bond donors (Lipinski definition) is 0. The first kappa shape index (κ1) is 18.6. The number of benzene rings is 2. The second kappa shape index (κ2) is 6.99. The lowest BCUT2D eigenvalue weighted by atomic mass is 10.2. The number of fused-ring (bicyclic) bond motifs is 2. The van der Waals surface area contributed by atoms with Gasteiger partial charge in [0.25, 0.3) is 0 Å². The van der Waals surface area contributed by atoms with E-state index in [0.29, 0.717) is 11.3 Å². The Hall–Kier alpha value is -2.79. The first-order valence-corrected chi connectivity index (χ1v) is 9.28. The molecule has 0 radical (unpaired) electrons. The van der Waals surface area contributed by atoms with E-state index in [1.165, 1.54) is 23.7 Å². The van der Waals surface area contributed by atoms with Crippen LogP contribution in [0.3, 0.4) is 0 Å². The Morgan fingerprint density at radius 3 is 2.71 bits per heavy atom. The van der Waals surface area contributed by atoms with Crippen molar-refractivity contribution in [2.75, 3.05) is 7.11 Å². The normalized spacial score (nSPS) is 13.6. The number of ether oxygens (including phenoxy) is 1. The molecule has 0 spiro atoms. The summed E-state index contributed by atoms with van der Waals surface area (Å²) in [5.74, 6) is 2.31. The number of aryl methyl sites for hydroxylation is 1. The van der Waals surface area contributed by atoms with Crippen molar-refractivity contribution in [2.24, 2.45) is 13.0 Å². The quantitative estimate of drug-likeness (QED) is 0.454.